The van der Waals surface area contributed by atoms with E-state index in [0.717, 1.165) is 16.2 Å². The summed E-state index contributed by atoms with van der Waals surface area (Å²) < 4.78 is 6.94. The van der Waals surface area contributed by atoms with E-state index in [0.29, 0.717) is 12.8 Å². The number of urea groups is 1. The molecule has 1 fully saturated rings. The van der Waals surface area contributed by atoms with Crippen LogP contribution in [0.15, 0.2) is 42.7 Å². The van der Waals surface area contributed by atoms with E-state index in [1.165, 1.54) is 0 Å². The second kappa shape index (κ2) is 7.61. The maximum Gasteiger partial charge on any atom is 0.326 e. The lowest BCUT2D eigenvalue weighted by molar-refractivity contribution is -0.148. The van der Waals surface area contributed by atoms with Crippen molar-refractivity contribution in [1.29, 1.82) is 0 Å². The van der Waals surface area contributed by atoms with Crippen molar-refractivity contribution in [3.05, 3.63) is 48.3 Å². The Morgan fingerprint density at radius 3 is 2.44 bits per heavy atom. The zero-order valence-corrected chi connectivity index (χ0v) is 15.3. The monoisotopic (exact) mass is 370 g/mol. The van der Waals surface area contributed by atoms with E-state index in [2.05, 4.69) is 10.4 Å². The number of aromatic nitrogens is 2. The largest absolute Gasteiger partial charge is 0.459 e. The quantitative estimate of drug-likeness (QED) is 0.594. The van der Waals surface area contributed by atoms with Gasteiger partial charge < -0.3 is 10.1 Å². The minimum Gasteiger partial charge on any atom is -0.459 e. The molecule has 1 aliphatic rings. The van der Waals surface area contributed by atoms with Gasteiger partial charge in [0.1, 0.15) is 18.7 Å². The molecule has 2 heterocycles. The zero-order chi connectivity index (χ0) is 19.4. The number of esters is 1. The predicted octanol–water partition coefficient (Wildman–Crippen LogP) is 2.03. The van der Waals surface area contributed by atoms with Crippen LogP contribution in [0.5, 0.6) is 0 Å². The fourth-order valence-corrected chi connectivity index (χ4v) is 3.05. The third-order valence-electron chi connectivity index (χ3n) is 4.85. The Labute approximate surface area is 157 Å². The van der Waals surface area contributed by atoms with Crippen LogP contribution in [0.2, 0.25) is 0 Å². The molecule has 3 amide bonds. The summed E-state index contributed by atoms with van der Waals surface area (Å²) in [5, 5.41) is 6.83. The summed E-state index contributed by atoms with van der Waals surface area (Å²) in [5.74, 6) is -1.00. The smallest absolute Gasteiger partial charge is 0.326 e. The average molecular weight is 370 g/mol. The lowest BCUT2D eigenvalue weighted by Gasteiger charge is -2.22. The molecule has 1 aromatic heterocycles. The number of benzene rings is 1. The molecule has 0 saturated carbocycles. The van der Waals surface area contributed by atoms with Crippen molar-refractivity contribution >= 4 is 17.9 Å². The third kappa shape index (κ3) is 3.69. The molecule has 1 aliphatic heterocycles. The number of rotatable bonds is 7. The van der Waals surface area contributed by atoms with Crippen molar-refractivity contribution in [2.75, 3.05) is 6.54 Å². The Morgan fingerprint density at radius 2 is 1.89 bits per heavy atom. The molecular formula is C19H22N4O4. The fraction of sp³-hybridized carbons (Fsp3) is 0.368. The minimum atomic E-state index is -0.917. The summed E-state index contributed by atoms with van der Waals surface area (Å²) in [6.45, 7) is 3.33. The molecule has 142 valence electrons. The maximum atomic E-state index is 12.5. The van der Waals surface area contributed by atoms with Crippen LogP contribution < -0.4 is 5.32 Å². The van der Waals surface area contributed by atoms with Crippen LogP contribution in [-0.2, 0) is 20.9 Å². The normalized spacial score (nSPS) is 15.7. The van der Waals surface area contributed by atoms with Crippen molar-refractivity contribution in [1.82, 2.24) is 20.0 Å². The third-order valence-corrected chi connectivity index (χ3v) is 4.85. The lowest BCUT2D eigenvalue weighted by atomic mass is 9.93. The first-order chi connectivity index (χ1) is 13.0. The molecule has 3 rings (SSSR count). The van der Waals surface area contributed by atoms with E-state index >= 15 is 0 Å². The lowest BCUT2D eigenvalue weighted by Crippen LogP contribution is -2.46. The SMILES string of the molecule is CCC1(CC)NC(=O)N(CC(=O)OCc2ccc(-n3cccn3)cc2)C1=O. The number of ether oxygens (including phenoxy) is 1. The van der Waals surface area contributed by atoms with E-state index in [1.54, 1.807) is 10.9 Å². The van der Waals surface area contributed by atoms with Gasteiger partial charge in [0.15, 0.2) is 0 Å². The molecule has 0 radical (unpaired) electrons. The Balaban J connectivity index is 1.55. The molecule has 2 aromatic rings. The van der Waals surface area contributed by atoms with Crippen LogP contribution in [0, 0.1) is 0 Å². The molecular weight excluding hydrogens is 348 g/mol. The Morgan fingerprint density at radius 1 is 1.19 bits per heavy atom. The molecule has 8 heteroatoms. The van der Waals surface area contributed by atoms with Gasteiger partial charge in [-0.1, -0.05) is 26.0 Å². The molecule has 1 saturated heterocycles. The number of amides is 3. The van der Waals surface area contributed by atoms with Crippen molar-refractivity contribution in [2.45, 2.75) is 38.8 Å². The Kier molecular flexibility index (Phi) is 5.25. The fourth-order valence-electron chi connectivity index (χ4n) is 3.05. The second-order valence-corrected chi connectivity index (χ2v) is 6.39. The summed E-state index contributed by atoms with van der Waals surface area (Å²) in [5.41, 5.74) is 0.775. The van der Waals surface area contributed by atoms with E-state index in [9.17, 15) is 14.4 Å². The van der Waals surface area contributed by atoms with Gasteiger partial charge in [-0.2, -0.15) is 5.10 Å². The van der Waals surface area contributed by atoms with Crippen molar-refractivity contribution in [2.24, 2.45) is 0 Å². The van der Waals surface area contributed by atoms with E-state index < -0.39 is 24.1 Å². The van der Waals surface area contributed by atoms with Crippen LogP contribution in [0.25, 0.3) is 5.69 Å². The van der Waals surface area contributed by atoms with Crippen LogP contribution in [-0.4, -0.2) is 44.7 Å². The summed E-state index contributed by atoms with van der Waals surface area (Å²) in [6, 6.07) is 8.67. The minimum absolute atomic E-state index is 0.0641. The van der Waals surface area contributed by atoms with Gasteiger partial charge in [0, 0.05) is 12.4 Å². The number of carbonyl (C=O) groups excluding carboxylic acids is 3. The summed E-state index contributed by atoms with van der Waals surface area (Å²) in [6.07, 6.45) is 4.47. The zero-order valence-electron chi connectivity index (χ0n) is 15.3. The second-order valence-electron chi connectivity index (χ2n) is 6.39. The molecule has 0 aliphatic carbocycles. The Bertz CT molecular complexity index is 826. The number of nitrogens with one attached hydrogen (secondary N) is 1. The standard InChI is InChI=1S/C19H22N4O4/c1-3-19(4-2)17(25)22(18(26)21-19)12-16(24)27-13-14-6-8-15(9-7-14)23-11-5-10-20-23/h5-11H,3-4,12-13H2,1-2H3,(H,21,26). The van der Waals surface area contributed by atoms with Crippen LogP contribution in [0.4, 0.5) is 4.79 Å². The van der Waals surface area contributed by atoms with E-state index in [1.807, 2.05) is 50.4 Å². The van der Waals surface area contributed by atoms with E-state index in [-0.39, 0.29) is 12.5 Å². The van der Waals surface area contributed by atoms with Gasteiger partial charge in [-0.25, -0.2) is 9.48 Å². The molecule has 0 atom stereocenters. The molecule has 0 unspecified atom stereocenters. The van der Waals surface area contributed by atoms with Gasteiger partial charge in [-0.05, 0) is 36.6 Å². The highest BCUT2D eigenvalue weighted by atomic mass is 16.5. The van der Waals surface area contributed by atoms with Gasteiger partial charge in [-0.15, -0.1) is 0 Å². The van der Waals surface area contributed by atoms with Gasteiger partial charge in [0.25, 0.3) is 5.91 Å². The number of hydrogen-bond donors (Lipinski definition) is 1. The molecule has 0 bridgehead atoms. The van der Waals surface area contributed by atoms with Crippen molar-refractivity contribution in [3.63, 3.8) is 0 Å². The number of hydrogen-bond acceptors (Lipinski definition) is 5. The van der Waals surface area contributed by atoms with Crippen molar-refractivity contribution in [3.8, 4) is 5.69 Å². The average Bonchev–Trinajstić information content (AvgIpc) is 3.30. The van der Waals surface area contributed by atoms with Crippen LogP contribution in [0.1, 0.15) is 32.3 Å². The Hall–Kier alpha value is -3.16. The van der Waals surface area contributed by atoms with Gasteiger partial charge in [0.2, 0.25) is 0 Å². The highest BCUT2D eigenvalue weighted by Gasteiger charge is 2.49. The highest BCUT2D eigenvalue weighted by Crippen LogP contribution is 2.24. The molecule has 8 nitrogen and oxygen atoms in total. The summed E-state index contributed by atoms with van der Waals surface area (Å²) >= 11 is 0. The number of nitrogens with zero attached hydrogens (tertiary/aromatic N) is 3. The topological polar surface area (TPSA) is 93.5 Å². The molecule has 27 heavy (non-hydrogen) atoms. The van der Waals surface area contributed by atoms with Gasteiger partial charge in [0.05, 0.1) is 5.69 Å². The van der Waals surface area contributed by atoms with Crippen LogP contribution in [0.3, 0.4) is 0 Å². The summed E-state index contributed by atoms with van der Waals surface area (Å²) in [4.78, 5) is 37.6. The van der Waals surface area contributed by atoms with E-state index in [4.69, 9.17) is 4.74 Å². The highest BCUT2D eigenvalue weighted by molar-refractivity contribution is 6.08. The molecule has 1 N–H and O–H groups in total. The number of imide groups is 1. The first-order valence-electron chi connectivity index (χ1n) is 8.88. The number of carbonyl (C=O) groups is 3. The first-order valence-corrected chi connectivity index (χ1v) is 8.88. The van der Waals surface area contributed by atoms with Gasteiger partial charge in [-0.3, -0.25) is 14.5 Å². The maximum absolute atomic E-state index is 12.5. The van der Waals surface area contributed by atoms with Crippen molar-refractivity contribution < 1.29 is 19.1 Å². The van der Waals surface area contributed by atoms with Crippen LogP contribution >= 0.6 is 0 Å². The molecule has 1 aromatic carbocycles. The predicted molar refractivity (Wildman–Crippen MR) is 96.9 cm³/mol. The summed E-state index contributed by atoms with van der Waals surface area (Å²) in [7, 11) is 0. The first kappa shape index (κ1) is 18.6. The van der Waals surface area contributed by atoms with Gasteiger partial charge >= 0.3 is 12.0 Å². The molecule has 0 spiro atoms.